The second-order valence-electron chi connectivity index (χ2n) is 7.72. The molecule has 8 nitrogen and oxygen atoms in total. The van der Waals surface area contributed by atoms with Gasteiger partial charge in [0.15, 0.2) is 5.82 Å². The Balaban J connectivity index is 1.30. The predicted octanol–water partition coefficient (Wildman–Crippen LogP) is 2.82. The molecule has 1 fully saturated rings. The zero-order valence-corrected chi connectivity index (χ0v) is 16.9. The number of likely N-dealkylation sites (tertiary alicyclic amines) is 1. The summed E-state index contributed by atoms with van der Waals surface area (Å²) >= 11 is 0. The fourth-order valence-electron chi connectivity index (χ4n) is 3.89. The molecule has 1 atom stereocenters. The van der Waals surface area contributed by atoms with Gasteiger partial charge in [0.2, 0.25) is 5.91 Å². The summed E-state index contributed by atoms with van der Waals surface area (Å²) in [6.45, 7) is 5.85. The van der Waals surface area contributed by atoms with Crippen LogP contribution in [0, 0.1) is 19.8 Å². The van der Waals surface area contributed by atoms with E-state index in [9.17, 15) is 4.79 Å². The molecular formula is C21H26N6O2. The van der Waals surface area contributed by atoms with Crippen molar-refractivity contribution in [3.63, 3.8) is 0 Å². The van der Waals surface area contributed by atoms with Crippen molar-refractivity contribution in [3.8, 4) is 11.5 Å². The Hall–Kier alpha value is -3.03. The maximum absolute atomic E-state index is 12.7. The molecule has 4 rings (SSSR count). The second kappa shape index (κ2) is 8.55. The van der Waals surface area contributed by atoms with Gasteiger partial charge in [-0.2, -0.15) is 10.1 Å². The lowest BCUT2D eigenvalue weighted by molar-refractivity contribution is -0.133. The van der Waals surface area contributed by atoms with Crippen molar-refractivity contribution in [2.45, 2.75) is 46.1 Å². The van der Waals surface area contributed by atoms with E-state index in [1.165, 1.54) is 0 Å². The number of aromatic nitrogens is 5. The van der Waals surface area contributed by atoms with Crippen LogP contribution in [0.5, 0.6) is 0 Å². The van der Waals surface area contributed by atoms with E-state index >= 15 is 0 Å². The summed E-state index contributed by atoms with van der Waals surface area (Å²) in [6.07, 6.45) is 7.26. The van der Waals surface area contributed by atoms with E-state index in [-0.39, 0.29) is 5.91 Å². The molecule has 3 aromatic heterocycles. The Morgan fingerprint density at radius 1 is 1.28 bits per heavy atom. The van der Waals surface area contributed by atoms with Crippen LogP contribution in [0.4, 0.5) is 0 Å². The third-order valence-corrected chi connectivity index (χ3v) is 5.43. The number of carbonyl (C=O) groups excluding carboxylic acids is 1. The minimum absolute atomic E-state index is 0.139. The fraction of sp³-hybridized carbons (Fsp3) is 0.476. The van der Waals surface area contributed by atoms with E-state index in [1.807, 2.05) is 36.9 Å². The number of amides is 1. The van der Waals surface area contributed by atoms with Crippen molar-refractivity contribution < 1.29 is 9.32 Å². The highest BCUT2D eigenvalue weighted by Crippen LogP contribution is 2.22. The van der Waals surface area contributed by atoms with Gasteiger partial charge >= 0.3 is 0 Å². The molecule has 8 heteroatoms. The number of piperidine rings is 1. The van der Waals surface area contributed by atoms with Crippen LogP contribution in [0.3, 0.4) is 0 Å². The molecule has 1 aliphatic heterocycles. The van der Waals surface area contributed by atoms with Gasteiger partial charge in [-0.25, -0.2) is 0 Å². The number of nitrogens with zero attached hydrogens (tertiary/aromatic N) is 6. The number of aryl methyl sites for hydroxylation is 3. The average Bonchev–Trinajstić information content (AvgIpc) is 3.33. The van der Waals surface area contributed by atoms with Gasteiger partial charge in [-0.3, -0.25) is 14.5 Å². The number of rotatable bonds is 6. The van der Waals surface area contributed by atoms with Gasteiger partial charge in [0.05, 0.1) is 5.69 Å². The monoisotopic (exact) mass is 394 g/mol. The maximum Gasteiger partial charge on any atom is 0.258 e. The topological polar surface area (TPSA) is 89.9 Å². The van der Waals surface area contributed by atoms with Crippen molar-refractivity contribution in [1.29, 1.82) is 0 Å². The molecule has 29 heavy (non-hydrogen) atoms. The zero-order valence-electron chi connectivity index (χ0n) is 16.9. The van der Waals surface area contributed by atoms with Crippen LogP contribution in [0.25, 0.3) is 11.5 Å². The molecule has 1 amide bonds. The lowest BCUT2D eigenvalue weighted by atomic mass is 9.93. The summed E-state index contributed by atoms with van der Waals surface area (Å²) in [6, 6.07) is 5.70. The quantitative estimate of drug-likeness (QED) is 0.639. The molecular weight excluding hydrogens is 368 g/mol. The lowest BCUT2D eigenvalue weighted by Gasteiger charge is -2.32. The highest BCUT2D eigenvalue weighted by atomic mass is 16.5. The van der Waals surface area contributed by atoms with Crippen molar-refractivity contribution in [3.05, 3.63) is 47.8 Å². The second-order valence-corrected chi connectivity index (χ2v) is 7.72. The van der Waals surface area contributed by atoms with Gasteiger partial charge in [0.1, 0.15) is 6.54 Å². The zero-order chi connectivity index (χ0) is 20.2. The van der Waals surface area contributed by atoms with Crippen LogP contribution in [0.2, 0.25) is 0 Å². The molecule has 0 radical (unpaired) electrons. The highest BCUT2D eigenvalue weighted by Gasteiger charge is 2.24. The summed E-state index contributed by atoms with van der Waals surface area (Å²) in [4.78, 5) is 23.2. The van der Waals surface area contributed by atoms with Crippen LogP contribution in [-0.2, 0) is 17.8 Å². The van der Waals surface area contributed by atoms with Gasteiger partial charge in [0, 0.05) is 43.2 Å². The summed E-state index contributed by atoms with van der Waals surface area (Å²) in [5, 5.41) is 8.51. The van der Waals surface area contributed by atoms with Gasteiger partial charge < -0.3 is 9.42 Å². The number of carbonyl (C=O) groups is 1. The average molecular weight is 394 g/mol. The van der Waals surface area contributed by atoms with E-state index in [0.29, 0.717) is 24.2 Å². The van der Waals surface area contributed by atoms with E-state index in [1.54, 1.807) is 17.1 Å². The van der Waals surface area contributed by atoms with Gasteiger partial charge in [-0.15, -0.1) is 0 Å². The molecule has 0 aromatic carbocycles. The third-order valence-electron chi connectivity index (χ3n) is 5.43. The first-order chi connectivity index (χ1) is 14.1. The van der Waals surface area contributed by atoms with E-state index in [2.05, 4.69) is 20.2 Å². The maximum atomic E-state index is 12.7. The van der Waals surface area contributed by atoms with Gasteiger partial charge in [0.25, 0.3) is 5.89 Å². The lowest BCUT2D eigenvalue weighted by Crippen LogP contribution is -2.41. The first kappa shape index (κ1) is 19.3. The molecule has 1 aliphatic rings. The number of hydrogen-bond acceptors (Lipinski definition) is 6. The van der Waals surface area contributed by atoms with E-state index in [0.717, 1.165) is 55.7 Å². The molecule has 4 heterocycles. The van der Waals surface area contributed by atoms with Gasteiger partial charge in [-0.05, 0) is 57.2 Å². The SMILES string of the molecule is Cc1cc(C)n(CC(=O)N2CCCC(CCc3noc(-c4ccncc4)n3)C2)n1. The molecule has 1 unspecified atom stereocenters. The van der Waals surface area contributed by atoms with Crippen LogP contribution in [0.1, 0.15) is 36.5 Å². The van der Waals surface area contributed by atoms with E-state index in [4.69, 9.17) is 4.52 Å². The molecule has 0 spiro atoms. The minimum atomic E-state index is 0.139. The van der Waals surface area contributed by atoms with Crippen molar-refractivity contribution >= 4 is 5.91 Å². The Morgan fingerprint density at radius 2 is 2.10 bits per heavy atom. The Morgan fingerprint density at radius 3 is 2.86 bits per heavy atom. The molecule has 0 saturated carbocycles. The van der Waals surface area contributed by atoms with Crippen molar-refractivity contribution in [2.24, 2.45) is 5.92 Å². The Bertz CT molecular complexity index is 965. The normalized spacial score (nSPS) is 16.9. The summed E-state index contributed by atoms with van der Waals surface area (Å²) < 4.78 is 7.16. The van der Waals surface area contributed by atoms with Crippen LogP contribution in [-0.4, -0.2) is 48.8 Å². The first-order valence-corrected chi connectivity index (χ1v) is 10.1. The molecule has 0 aliphatic carbocycles. The summed E-state index contributed by atoms with van der Waals surface area (Å²) in [7, 11) is 0. The Labute approximate surface area is 169 Å². The first-order valence-electron chi connectivity index (χ1n) is 10.1. The minimum Gasteiger partial charge on any atom is -0.341 e. The highest BCUT2D eigenvalue weighted by molar-refractivity contribution is 5.76. The predicted molar refractivity (Wildman–Crippen MR) is 107 cm³/mol. The van der Waals surface area contributed by atoms with Crippen LogP contribution >= 0.6 is 0 Å². The molecule has 1 saturated heterocycles. The van der Waals surface area contributed by atoms with Crippen LogP contribution in [0.15, 0.2) is 35.1 Å². The molecule has 0 N–H and O–H groups in total. The molecule has 152 valence electrons. The number of pyridine rings is 1. The van der Waals surface area contributed by atoms with Crippen molar-refractivity contribution in [1.82, 2.24) is 29.8 Å². The van der Waals surface area contributed by atoms with Gasteiger partial charge in [-0.1, -0.05) is 5.16 Å². The van der Waals surface area contributed by atoms with E-state index < -0.39 is 0 Å². The molecule has 3 aromatic rings. The third kappa shape index (κ3) is 4.70. The smallest absolute Gasteiger partial charge is 0.258 e. The fourth-order valence-corrected chi connectivity index (χ4v) is 3.89. The summed E-state index contributed by atoms with van der Waals surface area (Å²) in [5.41, 5.74) is 2.84. The number of hydrogen-bond donors (Lipinski definition) is 0. The standard InChI is InChI=1S/C21H26N6O2/c1-15-12-16(2)27(24-15)14-20(28)26-11-3-4-17(13-26)5-6-19-23-21(29-25-19)18-7-9-22-10-8-18/h7-10,12,17H,3-6,11,13-14H2,1-2H3. The molecule has 0 bridgehead atoms. The van der Waals surface area contributed by atoms with Crippen LogP contribution < -0.4 is 0 Å². The summed E-state index contributed by atoms with van der Waals surface area (Å²) in [5.74, 6) is 1.83. The Kier molecular flexibility index (Phi) is 5.69. The largest absolute Gasteiger partial charge is 0.341 e. The van der Waals surface area contributed by atoms with Crippen molar-refractivity contribution in [2.75, 3.05) is 13.1 Å².